The van der Waals surface area contributed by atoms with E-state index in [1.165, 1.54) is 6.07 Å². The number of nitrogens with one attached hydrogen (secondary N) is 1. The summed E-state index contributed by atoms with van der Waals surface area (Å²) in [4.78, 5) is 10.7. The number of nitrogens with zero attached hydrogens (tertiary/aromatic N) is 1. The summed E-state index contributed by atoms with van der Waals surface area (Å²) in [5, 5.41) is 15.0. The van der Waals surface area contributed by atoms with Crippen LogP contribution in [0.25, 0.3) is 0 Å². The van der Waals surface area contributed by atoms with E-state index < -0.39 is 5.97 Å². The molecule has 0 amide bonds. The molecular formula is C13H14N2O4. The fourth-order valence-electron chi connectivity index (χ4n) is 1.59. The minimum absolute atomic E-state index is 0.0329. The lowest BCUT2D eigenvalue weighted by Gasteiger charge is -2.10. The van der Waals surface area contributed by atoms with Crippen molar-refractivity contribution in [3.05, 3.63) is 41.2 Å². The molecule has 6 nitrogen and oxygen atoms in total. The normalized spacial score (nSPS) is 10.2. The van der Waals surface area contributed by atoms with Crippen LogP contribution in [0, 0.1) is 6.92 Å². The number of aromatic amines is 1. The molecule has 6 heteroatoms. The van der Waals surface area contributed by atoms with Crippen LogP contribution in [0.2, 0.25) is 0 Å². The van der Waals surface area contributed by atoms with Gasteiger partial charge >= 0.3 is 5.97 Å². The third-order valence-corrected chi connectivity index (χ3v) is 2.55. The SMILES string of the molecule is COc1cc(C)ccc1OCc1cc(C(=O)O)n[nH]1. The minimum atomic E-state index is -1.07. The summed E-state index contributed by atoms with van der Waals surface area (Å²) in [6.07, 6.45) is 0. The second-order valence-electron chi connectivity index (χ2n) is 4.03. The van der Waals surface area contributed by atoms with Gasteiger partial charge in [0.2, 0.25) is 0 Å². The van der Waals surface area contributed by atoms with Crippen LogP contribution in [-0.4, -0.2) is 28.4 Å². The average Bonchev–Trinajstić information content (AvgIpc) is 2.86. The van der Waals surface area contributed by atoms with Crippen molar-refractivity contribution < 1.29 is 19.4 Å². The maximum absolute atomic E-state index is 10.7. The summed E-state index contributed by atoms with van der Waals surface area (Å²) in [7, 11) is 1.57. The van der Waals surface area contributed by atoms with Crippen LogP contribution in [-0.2, 0) is 6.61 Å². The van der Waals surface area contributed by atoms with Crippen LogP contribution in [0.15, 0.2) is 24.3 Å². The van der Waals surface area contributed by atoms with E-state index in [9.17, 15) is 4.79 Å². The number of hydrogen-bond donors (Lipinski definition) is 2. The van der Waals surface area contributed by atoms with E-state index in [4.69, 9.17) is 14.6 Å². The number of ether oxygens (including phenoxy) is 2. The van der Waals surface area contributed by atoms with Crippen LogP contribution in [0.5, 0.6) is 11.5 Å². The highest BCUT2D eigenvalue weighted by Gasteiger charge is 2.09. The number of aromatic nitrogens is 2. The first kappa shape index (κ1) is 12.9. The van der Waals surface area contributed by atoms with E-state index in [0.717, 1.165) is 5.56 Å². The van der Waals surface area contributed by atoms with E-state index in [1.807, 2.05) is 25.1 Å². The highest BCUT2D eigenvalue weighted by Crippen LogP contribution is 2.28. The standard InChI is InChI=1S/C13H14N2O4/c1-8-3-4-11(12(5-8)18-2)19-7-9-6-10(13(16)17)15-14-9/h3-6H,7H2,1-2H3,(H,14,15)(H,16,17). The molecule has 0 fully saturated rings. The summed E-state index contributed by atoms with van der Waals surface area (Å²) >= 11 is 0. The van der Waals surface area contributed by atoms with Gasteiger partial charge in [0.15, 0.2) is 17.2 Å². The Hall–Kier alpha value is -2.50. The predicted octanol–water partition coefficient (Wildman–Crippen LogP) is 2.00. The van der Waals surface area contributed by atoms with Gasteiger partial charge < -0.3 is 14.6 Å². The molecule has 1 aromatic heterocycles. The van der Waals surface area contributed by atoms with Crippen LogP contribution in [0.1, 0.15) is 21.7 Å². The molecule has 0 spiro atoms. The van der Waals surface area contributed by atoms with Crippen LogP contribution >= 0.6 is 0 Å². The van der Waals surface area contributed by atoms with Gasteiger partial charge in [-0.05, 0) is 30.7 Å². The average molecular weight is 262 g/mol. The zero-order chi connectivity index (χ0) is 13.8. The predicted molar refractivity (Wildman–Crippen MR) is 67.6 cm³/mol. The number of H-pyrrole nitrogens is 1. The first-order valence-corrected chi connectivity index (χ1v) is 5.65. The highest BCUT2D eigenvalue weighted by atomic mass is 16.5. The van der Waals surface area contributed by atoms with E-state index in [2.05, 4.69) is 10.2 Å². The quantitative estimate of drug-likeness (QED) is 0.861. The lowest BCUT2D eigenvalue weighted by molar-refractivity contribution is 0.0690. The van der Waals surface area contributed by atoms with Crippen molar-refractivity contribution in [3.63, 3.8) is 0 Å². The van der Waals surface area contributed by atoms with E-state index in [-0.39, 0.29) is 12.3 Å². The third kappa shape index (κ3) is 3.04. The molecule has 100 valence electrons. The molecule has 2 rings (SSSR count). The molecule has 0 aliphatic carbocycles. The summed E-state index contributed by atoms with van der Waals surface area (Å²) in [5.41, 5.74) is 1.62. The molecule has 1 aromatic carbocycles. The zero-order valence-corrected chi connectivity index (χ0v) is 10.6. The summed E-state index contributed by atoms with van der Waals surface area (Å²) in [6, 6.07) is 7.02. The van der Waals surface area contributed by atoms with Crippen LogP contribution in [0.3, 0.4) is 0 Å². The molecule has 0 radical (unpaired) electrons. The Labute approximate surface area is 110 Å². The lowest BCUT2D eigenvalue weighted by atomic mass is 10.2. The van der Waals surface area contributed by atoms with Gasteiger partial charge in [-0.15, -0.1) is 0 Å². The molecule has 0 atom stereocenters. The molecule has 19 heavy (non-hydrogen) atoms. The van der Waals surface area contributed by atoms with Crippen molar-refractivity contribution in [2.45, 2.75) is 13.5 Å². The fraction of sp³-hybridized carbons (Fsp3) is 0.231. The Balaban J connectivity index is 2.07. The van der Waals surface area contributed by atoms with Gasteiger partial charge in [0.1, 0.15) is 6.61 Å². The van der Waals surface area contributed by atoms with Gasteiger partial charge in [0.25, 0.3) is 0 Å². The number of benzene rings is 1. The number of aryl methyl sites for hydroxylation is 1. The molecule has 0 unspecified atom stereocenters. The van der Waals surface area contributed by atoms with Gasteiger partial charge in [-0.2, -0.15) is 5.10 Å². The first-order valence-electron chi connectivity index (χ1n) is 5.65. The Morgan fingerprint density at radius 2 is 2.16 bits per heavy atom. The Morgan fingerprint density at radius 1 is 1.37 bits per heavy atom. The fourth-order valence-corrected chi connectivity index (χ4v) is 1.59. The van der Waals surface area contributed by atoms with Gasteiger partial charge in [-0.1, -0.05) is 6.07 Å². The van der Waals surface area contributed by atoms with E-state index >= 15 is 0 Å². The van der Waals surface area contributed by atoms with Gasteiger partial charge in [0, 0.05) is 0 Å². The zero-order valence-electron chi connectivity index (χ0n) is 10.6. The van der Waals surface area contributed by atoms with Crippen molar-refractivity contribution in [1.29, 1.82) is 0 Å². The van der Waals surface area contributed by atoms with Crippen LogP contribution in [0.4, 0.5) is 0 Å². The summed E-state index contributed by atoms with van der Waals surface area (Å²) in [5.74, 6) is 0.160. The largest absolute Gasteiger partial charge is 0.493 e. The number of aromatic carboxylic acids is 1. The van der Waals surface area contributed by atoms with Gasteiger partial charge in [0.05, 0.1) is 12.8 Å². The Kier molecular flexibility index (Phi) is 3.70. The minimum Gasteiger partial charge on any atom is -0.493 e. The number of carbonyl (C=O) groups is 1. The molecule has 0 saturated carbocycles. The second-order valence-corrected chi connectivity index (χ2v) is 4.03. The lowest BCUT2D eigenvalue weighted by Crippen LogP contribution is -1.98. The van der Waals surface area contributed by atoms with E-state index in [0.29, 0.717) is 17.2 Å². The van der Waals surface area contributed by atoms with Crippen molar-refractivity contribution in [3.8, 4) is 11.5 Å². The number of rotatable bonds is 5. The van der Waals surface area contributed by atoms with E-state index in [1.54, 1.807) is 7.11 Å². The molecule has 0 saturated heterocycles. The monoisotopic (exact) mass is 262 g/mol. The van der Waals surface area contributed by atoms with Crippen molar-refractivity contribution >= 4 is 5.97 Å². The summed E-state index contributed by atoms with van der Waals surface area (Å²) < 4.78 is 10.8. The number of methoxy groups -OCH3 is 1. The third-order valence-electron chi connectivity index (χ3n) is 2.55. The maximum Gasteiger partial charge on any atom is 0.356 e. The molecule has 1 heterocycles. The molecule has 2 aromatic rings. The molecule has 2 N–H and O–H groups in total. The number of hydrogen-bond acceptors (Lipinski definition) is 4. The number of carboxylic acids is 1. The van der Waals surface area contributed by atoms with Crippen molar-refractivity contribution in [1.82, 2.24) is 10.2 Å². The Bertz CT molecular complexity index is 592. The van der Waals surface area contributed by atoms with Gasteiger partial charge in [-0.25, -0.2) is 4.79 Å². The van der Waals surface area contributed by atoms with Crippen molar-refractivity contribution in [2.75, 3.05) is 7.11 Å². The molecule has 0 aliphatic heterocycles. The van der Waals surface area contributed by atoms with Crippen molar-refractivity contribution in [2.24, 2.45) is 0 Å². The van der Waals surface area contributed by atoms with Crippen LogP contribution < -0.4 is 9.47 Å². The number of carboxylic acid groups (broad SMARTS) is 1. The maximum atomic E-state index is 10.7. The Morgan fingerprint density at radius 3 is 2.79 bits per heavy atom. The smallest absolute Gasteiger partial charge is 0.356 e. The molecule has 0 bridgehead atoms. The molecular weight excluding hydrogens is 248 g/mol. The summed E-state index contributed by atoms with van der Waals surface area (Å²) in [6.45, 7) is 2.15. The molecule has 0 aliphatic rings. The highest BCUT2D eigenvalue weighted by molar-refractivity contribution is 5.85. The van der Waals surface area contributed by atoms with Gasteiger partial charge in [-0.3, -0.25) is 5.10 Å². The first-order chi connectivity index (χ1) is 9.10. The second kappa shape index (κ2) is 5.43. The topological polar surface area (TPSA) is 84.4 Å².